The first-order chi connectivity index (χ1) is 20.6. The maximum atomic E-state index is 12.9. The van der Waals surface area contributed by atoms with Crippen LogP contribution < -0.4 is 20.3 Å². The van der Waals surface area contributed by atoms with Crippen molar-refractivity contribution in [3.05, 3.63) is 53.7 Å². The minimum atomic E-state index is -3.53. The number of piperidine rings is 1. The summed E-state index contributed by atoms with van der Waals surface area (Å²) in [5.74, 6) is 1.28. The lowest BCUT2D eigenvalue weighted by atomic mass is 10.0. The molecule has 2 N–H and O–H groups in total. The molecule has 2 aliphatic rings. The fraction of sp³-hybridized carbons (Fsp3) is 0.484. The first-order valence-corrected chi connectivity index (χ1v) is 16.8. The molecule has 0 spiro atoms. The van der Waals surface area contributed by atoms with Crippen LogP contribution in [0.1, 0.15) is 40.5 Å². The summed E-state index contributed by atoms with van der Waals surface area (Å²) in [7, 11) is -3.53. The third-order valence-electron chi connectivity index (χ3n) is 7.78. The van der Waals surface area contributed by atoms with Crippen LogP contribution in [0.4, 0.5) is 28.8 Å². The van der Waals surface area contributed by atoms with Crippen molar-refractivity contribution >= 4 is 50.3 Å². The number of hydrogen-bond donors (Lipinski definition) is 2. The number of hydrogen-bond acceptors (Lipinski definition) is 10. The third-order valence-corrected chi connectivity index (χ3v) is 10.3. The molecule has 43 heavy (non-hydrogen) atoms. The largest absolute Gasteiger partial charge is 0.489 e. The van der Waals surface area contributed by atoms with E-state index in [2.05, 4.69) is 42.5 Å². The summed E-state index contributed by atoms with van der Waals surface area (Å²) in [6.07, 6.45) is 3.69. The first-order valence-electron chi connectivity index (χ1n) is 14.9. The molecule has 0 atom stereocenters. The zero-order valence-electron chi connectivity index (χ0n) is 25.2. The van der Waals surface area contributed by atoms with Crippen LogP contribution in [0.5, 0.6) is 5.75 Å². The van der Waals surface area contributed by atoms with Crippen LogP contribution >= 0.6 is 11.6 Å². The maximum absolute atomic E-state index is 12.9. The van der Waals surface area contributed by atoms with E-state index in [9.17, 15) is 8.42 Å². The van der Waals surface area contributed by atoms with Gasteiger partial charge >= 0.3 is 0 Å². The summed E-state index contributed by atoms with van der Waals surface area (Å²) >= 11 is 6.44. The van der Waals surface area contributed by atoms with Gasteiger partial charge in [0.05, 0.1) is 47.0 Å². The van der Waals surface area contributed by atoms with Gasteiger partial charge in [-0.05, 0) is 64.8 Å². The first kappa shape index (κ1) is 31.3. The number of sulfone groups is 1. The number of benzene rings is 2. The van der Waals surface area contributed by atoms with Crippen LogP contribution in [0.15, 0.2) is 53.6 Å². The topological polar surface area (TPSA) is 109 Å². The Morgan fingerprint density at radius 1 is 0.977 bits per heavy atom. The van der Waals surface area contributed by atoms with Crippen LogP contribution in [0.25, 0.3) is 0 Å². The zero-order valence-corrected chi connectivity index (χ0v) is 26.8. The number of halogens is 1. The molecule has 12 heteroatoms. The fourth-order valence-corrected chi connectivity index (χ4v) is 6.77. The van der Waals surface area contributed by atoms with Gasteiger partial charge in [0.1, 0.15) is 10.8 Å². The normalized spacial score (nSPS) is 17.0. The molecule has 1 aromatic heterocycles. The van der Waals surface area contributed by atoms with Gasteiger partial charge in [0, 0.05) is 44.0 Å². The number of aromatic nitrogens is 2. The minimum absolute atomic E-state index is 0.0365. The van der Waals surface area contributed by atoms with Crippen LogP contribution in [0, 0.1) is 0 Å². The molecule has 2 aromatic carbocycles. The highest BCUT2D eigenvalue weighted by molar-refractivity contribution is 7.92. The van der Waals surface area contributed by atoms with Gasteiger partial charge in [0.15, 0.2) is 15.7 Å². The zero-order chi connectivity index (χ0) is 30.6. The molecular formula is C31H41ClN6O4S. The standard InChI is InChI=1S/C31H41ClN6O4S/c1-21(2)42-28-19-24(37-13-11-23(12-14-37)38-15-17-41-18-16-38)9-10-26(28)35-31-33-20-25(32)30(36-31)34-27-7-5-6-8-29(27)43(39,40)22(3)4/h5-10,19-23H,11-18H2,1-4H3,(H2,33,34,35,36). The molecular weight excluding hydrogens is 588 g/mol. The van der Waals surface area contributed by atoms with Crippen molar-refractivity contribution in [3.8, 4) is 5.75 Å². The number of rotatable bonds is 10. The Balaban J connectivity index is 1.34. The summed E-state index contributed by atoms with van der Waals surface area (Å²) in [5, 5.41) is 6.06. The van der Waals surface area contributed by atoms with E-state index in [1.807, 2.05) is 19.9 Å². The molecule has 232 valence electrons. The molecule has 0 unspecified atom stereocenters. The van der Waals surface area contributed by atoms with Gasteiger partial charge in [-0.3, -0.25) is 4.90 Å². The molecule has 0 saturated carbocycles. The van der Waals surface area contributed by atoms with Gasteiger partial charge in [-0.1, -0.05) is 23.7 Å². The molecule has 3 aromatic rings. The Labute approximate surface area is 259 Å². The summed E-state index contributed by atoms with van der Waals surface area (Å²) in [6, 6.07) is 13.5. The Morgan fingerprint density at radius 2 is 1.70 bits per heavy atom. The Morgan fingerprint density at radius 3 is 2.40 bits per heavy atom. The highest BCUT2D eigenvalue weighted by Gasteiger charge is 2.27. The highest BCUT2D eigenvalue weighted by atomic mass is 35.5. The lowest BCUT2D eigenvalue weighted by molar-refractivity contribution is 0.0115. The van der Waals surface area contributed by atoms with Crippen LogP contribution in [-0.2, 0) is 14.6 Å². The summed E-state index contributed by atoms with van der Waals surface area (Å²) in [5.41, 5.74) is 2.23. The van der Waals surface area contributed by atoms with E-state index < -0.39 is 15.1 Å². The summed E-state index contributed by atoms with van der Waals surface area (Å²) in [4.78, 5) is 14.1. The number of morpholine rings is 1. The SMILES string of the molecule is CC(C)Oc1cc(N2CCC(N3CCOCC3)CC2)ccc1Nc1ncc(Cl)c(Nc2ccccc2S(=O)(=O)C(C)C)n1. The third kappa shape index (κ3) is 7.52. The van der Waals surface area contributed by atoms with Crippen molar-refractivity contribution in [1.82, 2.24) is 14.9 Å². The van der Waals surface area contributed by atoms with Crippen LogP contribution in [0.2, 0.25) is 5.02 Å². The lowest BCUT2D eigenvalue weighted by Crippen LogP contribution is -2.49. The van der Waals surface area contributed by atoms with E-state index >= 15 is 0 Å². The second-order valence-corrected chi connectivity index (χ2v) is 14.3. The number of nitrogens with zero attached hydrogens (tertiary/aromatic N) is 4. The van der Waals surface area contributed by atoms with E-state index in [0.717, 1.165) is 63.6 Å². The second-order valence-electron chi connectivity index (χ2n) is 11.4. The molecule has 0 amide bonds. The van der Waals surface area contributed by atoms with E-state index in [-0.39, 0.29) is 21.8 Å². The van der Waals surface area contributed by atoms with Crippen molar-refractivity contribution in [2.24, 2.45) is 0 Å². The Kier molecular flexibility index (Phi) is 9.95. The van der Waals surface area contributed by atoms with Gasteiger partial charge in [-0.2, -0.15) is 4.98 Å². The Hall–Kier alpha value is -3.12. The van der Waals surface area contributed by atoms with Crippen molar-refractivity contribution in [1.29, 1.82) is 0 Å². The minimum Gasteiger partial charge on any atom is -0.489 e. The average Bonchev–Trinajstić information content (AvgIpc) is 3.00. The molecule has 0 aliphatic carbocycles. The number of nitrogens with one attached hydrogen (secondary N) is 2. The highest BCUT2D eigenvalue weighted by Crippen LogP contribution is 2.35. The fourth-order valence-electron chi connectivity index (χ4n) is 5.43. The molecule has 2 saturated heterocycles. The molecule has 2 aliphatic heterocycles. The molecule has 10 nitrogen and oxygen atoms in total. The molecule has 3 heterocycles. The van der Waals surface area contributed by atoms with Gasteiger partial charge in [0.25, 0.3) is 0 Å². The second kappa shape index (κ2) is 13.7. The van der Waals surface area contributed by atoms with Gasteiger partial charge < -0.3 is 25.0 Å². The molecule has 0 bridgehead atoms. The average molecular weight is 629 g/mol. The van der Waals surface area contributed by atoms with Gasteiger partial charge in [-0.25, -0.2) is 13.4 Å². The molecule has 0 radical (unpaired) electrons. The van der Waals surface area contributed by atoms with Crippen molar-refractivity contribution in [2.75, 3.05) is 54.9 Å². The Bertz CT molecular complexity index is 1510. The molecule has 5 rings (SSSR count). The van der Waals surface area contributed by atoms with E-state index in [0.29, 0.717) is 23.4 Å². The maximum Gasteiger partial charge on any atom is 0.229 e. The van der Waals surface area contributed by atoms with Crippen LogP contribution in [0.3, 0.4) is 0 Å². The molecule has 2 fully saturated rings. The van der Waals surface area contributed by atoms with Gasteiger partial charge in [0.2, 0.25) is 5.95 Å². The van der Waals surface area contributed by atoms with E-state index in [1.165, 1.54) is 6.20 Å². The van der Waals surface area contributed by atoms with Crippen LogP contribution in [-0.4, -0.2) is 80.1 Å². The lowest BCUT2D eigenvalue weighted by Gasteiger charge is -2.41. The smallest absolute Gasteiger partial charge is 0.229 e. The summed E-state index contributed by atoms with van der Waals surface area (Å²) in [6.45, 7) is 13.0. The predicted molar refractivity (Wildman–Crippen MR) is 172 cm³/mol. The van der Waals surface area contributed by atoms with E-state index in [4.69, 9.17) is 21.1 Å². The number of para-hydroxylation sites is 1. The number of ether oxygens (including phenoxy) is 2. The monoisotopic (exact) mass is 628 g/mol. The van der Waals surface area contributed by atoms with Crippen molar-refractivity contribution in [3.63, 3.8) is 0 Å². The van der Waals surface area contributed by atoms with E-state index in [1.54, 1.807) is 38.1 Å². The van der Waals surface area contributed by atoms with Crippen molar-refractivity contribution < 1.29 is 17.9 Å². The summed E-state index contributed by atoms with van der Waals surface area (Å²) < 4.78 is 37.6. The van der Waals surface area contributed by atoms with Crippen molar-refractivity contribution in [2.45, 2.75) is 62.8 Å². The van der Waals surface area contributed by atoms with Gasteiger partial charge in [-0.15, -0.1) is 0 Å². The predicted octanol–water partition coefficient (Wildman–Crippen LogP) is 5.89. The number of anilines is 5. The quantitative estimate of drug-likeness (QED) is 0.282.